The van der Waals surface area contributed by atoms with E-state index in [0.717, 1.165) is 25.9 Å². The first-order chi connectivity index (χ1) is 11.5. The van der Waals surface area contributed by atoms with Gasteiger partial charge in [-0.15, -0.1) is 0 Å². The molecule has 0 radical (unpaired) electrons. The van der Waals surface area contributed by atoms with Crippen LogP contribution in [0.4, 0.5) is 0 Å². The summed E-state index contributed by atoms with van der Waals surface area (Å²) >= 11 is 3.36. The van der Waals surface area contributed by atoms with Gasteiger partial charge in [-0.3, -0.25) is 4.79 Å². The van der Waals surface area contributed by atoms with Gasteiger partial charge in [0.15, 0.2) is 17.6 Å². The van der Waals surface area contributed by atoms with Gasteiger partial charge in [0.05, 0.1) is 23.8 Å². The van der Waals surface area contributed by atoms with E-state index in [4.69, 9.17) is 14.2 Å². The summed E-state index contributed by atoms with van der Waals surface area (Å²) in [7, 11) is 1.53. The van der Waals surface area contributed by atoms with Crippen molar-refractivity contribution in [2.75, 3.05) is 26.8 Å². The van der Waals surface area contributed by atoms with Gasteiger partial charge in [-0.2, -0.15) is 0 Å². The number of amides is 1. The Bertz CT molecular complexity index is 613. The highest BCUT2D eigenvalue weighted by Gasteiger charge is 2.27. The number of benzene rings is 1. The van der Waals surface area contributed by atoms with Crippen molar-refractivity contribution < 1.29 is 23.8 Å². The van der Waals surface area contributed by atoms with E-state index in [9.17, 15) is 9.59 Å². The van der Waals surface area contributed by atoms with E-state index in [1.54, 1.807) is 24.0 Å². The maximum Gasteiger partial charge on any atom is 0.339 e. The van der Waals surface area contributed by atoms with Gasteiger partial charge in [0.25, 0.3) is 5.91 Å². The SMILES string of the molecule is CCOc1cc(C(=O)O[C@@H](C)C(=O)N2CCCC2)cc(Br)c1OC. The van der Waals surface area contributed by atoms with Gasteiger partial charge in [0, 0.05) is 13.1 Å². The fraction of sp³-hybridized carbons (Fsp3) is 0.529. The van der Waals surface area contributed by atoms with Gasteiger partial charge in [0.1, 0.15) is 0 Å². The zero-order chi connectivity index (χ0) is 17.7. The van der Waals surface area contributed by atoms with Crippen molar-refractivity contribution in [3.63, 3.8) is 0 Å². The molecule has 1 fully saturated rings. The minimum atomic E-state index is -0.813. The minimum absolute atomic E-state index is 0.154. The van der Waals surface area contributed by atoms with Crippen molar-refractivity contribution in [2.24, 2.45) is 0 Å². The van der Waals surface area contributed by atoms with Gasteiger partial charge in [-0.05, 0) is 54.8 Å². The fourth-order valence-electron chi connectivity index (χ4n) is 2.62. The smallest absolute Gasteiger partial charge is 0.339 e. The van der Waals surface area contributed by atoms with E-state index in [1.165, 1.54) is 7.11 Å². The molecule has 0 saturated carbocycles. The van der Waals surface area contributed by atoms with Crippen molar-refractivity contribution in [3.8, 4) is 11.5 Å². The lowest BCUT2D eigenvalue weighted by molar-refractivity contribution is -0.138. The summed E-state index contributed by atoms with van der Waals surface area (Å²) in [6.07, 6.45) is 1.18. The van der Waals surface area contributed by atoms with E-state index in [0.29, 0.717) is 28.1 Å². The summed E-state index contributed by atoms with van der Waals surface area (Å²) in [4.78, 5) is 26.3. The molecule has 0 spiro atoms. The average Bonchev–Trinajstić information content (AvgIpc) is 3.08. The summed E-state index contributed by atoms with van der Waals surface area (Å²) in [5.41, 5.74) is 0.298. The van der Waals surface area contributed by atoms with Crippen LogP contribution >= 0.6 is 15.9 Å². The average molecular weight is 400 g/mol. The molecular formula is C17H22BrNO5. The van der Waals surface area contributed by atoms with Crippen LogP contribution in [0.25, 0.3) is 0 Å². The van der Waals surface area contributed by atoms with E-state index >= 15 is 0 Å². The number of halogens is 1. The molecule has 2 rings (SSSR count). The van der Waals surface area contributed by atoms with Gasteiger partial charge < -0.3 is 19.1 Å². The van der Waals surface area contributed by atoms with Crippen molar-refractivity contribution in [3.05, 3.63) is 22.2 Å². The normalized spacial score (nSPS) is 15.1. The molecule has 1 aliphatic heterocycles. The third-order valence-corrected chi connectivity index (χ3v) is 4.39. The first kappa shape index (κ1) is 18.6. The second-order valence-electron chi connectivity index (χ2n) is 5.50. The number of hydrogen-bond donors (Lipinski definition) is 0. The molecule has 1 atom stereocenters. The Morgan fingerprint density at radius 2 is 1.96 bits per heavy atom. The van der Waals surface area contributed by atoms with Gasteiger partial charge in [0.2, 0.25) is 0 Å². The molecule has 1 aliphatic rings. The summed E-state index contributed by atoms with van der Waals surface area (Å²) in [5, 5.41) is 0. The third kappa shape index (κ3) is 4.20. The number of nitrogens with zero attached hydrogens (tertiary/aromatic N) is 1. The molecule has 24 heavy (non-hydrogen) atoms. The Balaban J connectivity index is 2.12. The molecule has 0 bridgehead atoms. The maximum absolute atomic E-state index is 12.4. The van der Waals surface area contributed by atoms with E-state index < -0.39 is 12.1 Å². The quantitative estimate of drug-likeness (QED) is 0.687. The number of rotatable bonds is 6. The summed E-state index contributed by atoms with van der Waals surface area (Å²) < 4.78 is 16.7. The van der Waals surface area contributed by atoms with Gasteiger partial charge in [-0.1, -0.05) is 0 Å². The topological polar surface area (TPSA) is 65.1 Å². The molecule has 0 aliphatic carbocycles. The number of carbonyl (C=O) groups is 2. The number of hydrogen-bond acceptors (Lipinski definition) is 5. The van der Waals surface area contributed by atoms with E-state index in [2.05, 4.69) is 15.9 Å². The molecule has 0 N–H and O–H groups in total. The highest BCUT2D eigenvalue weighted by Crippen LogP contribution is 2.36. The molecule has 6 nitrogen and oxygen atoms in total. The molecule has 132 valence electrons. The monoisotopic (exact) mass is 399 g/mol. The Hall–Kier alpha value is -1.76. The van der Waals surface area contributed by atoms with Crippen LogP contribution in [-0.2, 0) is 9.53 Å². The fourth-order valence-corrected chi connectivity index (χ4v) is 3.22. The minimum Gasteiger partial charge on any atom is -0.492 e. The zero-order valence-corrected chi connectivity index (χ0v) is 15.7. The Morgan fingerprint density at radius 1 is 1.29 bits per heavy atom. The lowest BCUT2D eigenvalue weighted by atomic mass is 10.2. The van der Waals surface area contributed by atoms with Gasteiger partial charge in [-0.25, -0.2) is 4.79 Å². The van der Waals surface area contributed by atoms with Crippen LogP contribution in [0.1, 0.15) is 37.0 Å². The second-order valence-corrected chi connectivity index (χ2v) is 6.36. The van der Waals surface area contributed by atoms with Crippen molar-refractivity contribution in [1.82, 2.24) is 4.90 Å². The molecule has 7 heteroatoms. The van der Waals surface area contributed by atoms with Crippen LogP contribution in [0, 0.1) is 0 Å². The Labute approximate surface area is 150 Å². The summed E-state index contributed by atoms with van der Waals surface area (Å²) in [6.45, 7) is 5.33. The third-order valence-electron chi connectivity index (χ3n) is 3.80. The van der Waals surface area contributed by atoms with Crippen molar-refractivity contribution in [1.29, 1.82) is 0 Å². The lowest BCUT2D eigenvalue weighted by Crippen LogP contribution is -2.38. The number of esters is 1. The van der Waals surface area contributed by atoms with Crippen LogP contribution in [-0.4, -0.2) is 49.7 Å². The van der Waals surface area contributed by atoms with E-state index in [1.807, 2.05) is 6.92 Å². The highest BCUT2D eigenvalue weighted by molar-refractivity contribution is 9.10. The summed E-state index contributed by atoms with van der Waals surface area (Å²) in [5.74, 6) is 0.229. The number of carbonyl (C=O) groups excluding carboxylic acids is 2. The van der Waals surface area contributed by atoms with Crippen LogP contribution in [0.2, 0.25) is 0 Å². The van der Waals surface area contributed by atoms with Crippen molar-refractivity contribution in [2.45, 2.75) is 32.8 Å². The first-order valence-electron chi connectivity index (χ1n) is 7.98. The van der Waals surface area contributed by atoms with Crippen LogP contribution in [0.15, 0.2) is 16.6 Å². The predicted octanol–water partition coefficient (Wildman–Crippen LogP) is 3.02. The first-order valence-corrected chi connectivity index (χ1v) is 8.77. The standard InChI is InChI=1S/C17H22BrNO5/c1-4-23-14-10-12(9-13(18)15(14)22-3)17(21)24-11(2)16(20)19-7-5-6-8-19/h9-11H,4-8H2,1-3H3/t11-/m0/s1. The highest BCUT2D eigenvalue weighted by atomic mass is 79.9. The van der Waals surface area contributed by atoms with Gasteiger partial charge >= 0.3 is 5.97 Å². The van der Waals surface area contributed by atoms with Crippen LogP contribution < -0.4 is 9.47 Å². The molecule has 1 aromatic rings. The lowest BCUT2D eigenvalue weighted by Gasteiger charge is -2.20. The van der Waals surface area contributed by atoms with Crippen molar-refractivity contribution >= 4 is 27.8 Å². The maximum atomic E-state index is 12.4. The molecule has 1 aromatic carbocycles. The molecule has 0 unspecified atom stereocenters. The van der Waals surface area contributed by atoms with Crippen LogP contribution in [0.3, 0.4) is 0 Å². The zero-order valence-electron chi connectivity index (χ0n) is 14.1. The Morgan fingerprint density at radius 3 is 2.54 bits per heavy atom. The number of ether oxygens (including phenoxy) is 3. The summed E-state index contributed by atoms with van der Waals surface area (Å²) in [6, 6.07) is 3.15. The Kier molecular flexibility index (Phi) is 6.48. The number of methoxy groups -OCH3 is 1. The van der Waals surface area contributed by atoms with E-state index in [-0.39, 0.29) is 5.91 Å². The molecule has 1 heterocycles. The molecular weight excluding hydrogens is 378 g/mol. The largest absolute Gasteiger partial charge is 0.492 e. The molecule has 1 saturated heterocycles. The van der Waals surface area contributed by atoms with Crippen LogP contribution in [0.5, 0.6) is 11.5 Å². The second kappa shape index (κ2) is 8.37. The molecule has 1 amide bonds. The molecule has 0 aromatic heterocycles. The predicted molar refractivity (Wildman–Crippen MR) is 92.6 cm³/mol. The number of likely N-dealkylation sites (tertiary alicyclic amines) is 1.